The molecule has 0 bridgehead atoms. The number of fused-ring (bicyclic) bond motifs is 1. The van der Waals surface area contributed by atoms with E-state index >= 15 is 0 Å². The first kappa shape index (κ1) is 12.2. The van der Waals surface area contributed by atoms with E-state index in [0.29, 0.717) is 6.54 Å². The Morgan fingerprint density at radius 3 is 2.94 bits per heavy atom. The van der Waals surface area contributed by atoms with Gasteiger partial charge in [0.2, 0.25) is 0 Å². The van der Waals surface area contributed by atoms with Gasteiger partial charge in [-0.15, -0.1) is 0 Å². The molecule has 1 atom stereocenters. The van der Waals surface area contributed by atoms with Crippen LogP contribution < -0.4 is 0 Å². The number of alkyl halides is 1. The van der Waals surface area contributed by atoms with E-state index in [9.17, 15) is 4.79 Å². The Balaban J connectivity index is 2.31. The zero-order chi connectivity index (χ0) is 12.4. The number of ether oxygens (including phenoxy) is 1. The predicted octanol–water partition coefficient (Wildman–Crippen LogP) is 2.89. The number of hydrogen-bond acceptors (Lipinski definition) is 2. The average Bonchev–Trinajstić information content (AvgIpc) is 2.73. The van der Waals surface area contributed by atoms with Gasteiger partial charge in [-0.1, -0.05) is 28.1 Å². The van der Waals surface area contributed by atoms with Crippen LogP contribution in [0.5, 0.6) is 0 Å². The number of aromatic nitrogens is 1. The summed E-state index contributed by atoms with van der Waals surface area (Å²) in [4.78, 5) is 11.0. The number of carbonyl (C=O) groups excluding carboxylic acids is 1. The summed E-state index contributed by atoms with van der Waals surface area (Å²) in [5, 5.41) is 1.22. The molecule has 90 valence electrons. The van der Waals surface area contributed by atoms with Crippen molar-refractivity contribution >= 4 is 32.8 Å². The molecule has 0 aliphatic heterocycles. The molecule has 4 heteroatoms. The van der Waals surface area contributed by atoms with Gasteiger partial charge in [0.1, 0.15) is 4.83 Å². The molecule has 2 aromatic rings. The summed E-state index contributed by atoms with van der Waals surface area (Å²) in [6.45, 7) is 2.65. The minimum atomic E-state index is -0.316. The molecule has 0 saturated carbocycles. The average molecular weight is 296 g/mol. The van der Waals surface area contributed by atoms with Crippen LogP contribution in [0.1, 0.15) is 5.56 Å². The quantitative estimate of drug-likeness (QED) is 0.644. The normalized spacial score (nSPS) is 12.6. The molecule has 0 radical (unpaired) electrons. The lowest BCUT2D eigenvalue weighted by atomic mass is 10.1. The summed E-state index contributed by atoms with van der Waals surface area (Å²) in [7, 11) is 1.40. The molecule has 0 N–H and O–H groups in total. The molecule has 0 saturated heterocycles. The number of esters is 1. The molecule has 0 fully saturated rings. The van der Waals surface area contributed by atoms with E-state index in [1.807, 2.05) is 12.3 Å². The second kappa shape index (κ2) is 4.92. The smallest absolute Gasteiger partial charge is 0.321 e. The number of rotatable bonds is 3. The standard InChI is InChI=1S/C13H14BrNO2/c1-9-4-3-5-12-10(9)6-7-15(12)8-11(14)13(16)17-2/h3-7,11H,8H2,1-2H3. The monoisotopic (exact) mass is 295 g/mol. The third kappa shape index (κ3) is 2.36. The molecule has 3 nitrogen and oxygen atoms in total. The summed E-state index contributed by atoms with van der Waals surface area (Å²) >= 11 is 3.33. The summed E-state index contributed by atoms with van der Waals surface area (Å²) in [6.07, 6.45) is 1.99. The lowest BCUT2D eigenvalue weighted by Gasteiger charge is -2.10. The van der Waals surface area contributed by atoms with E-state index < -0.39 is 0 Å². The second-order valence-corrected chi connectivity index (χ2v) is 5.07. The fourth-order valence-electron chi connectivity index (χ4n) is 1.91. The van der Waals surface area contributed by atoms with Crippen molar-refractivity contribution in [3.8, 4) is 0 Å². The van der Waals surface area contributed by atoms with Gasteiger partial charge in [0, 0.05) is 23.6 Å². The Kier molecular flexibility index (Phi) is 3.52. The van der Waals surface area contributed by atoms with Gasteiger partial charge in [0.05, 0.1) is 7.11 Å². The van der Waals surface area contributed by atoms with Gasteiger partial charge in [-0.05, 0) is 24.6 Å². The molecular weight excluding hydrogens is 282 g/mol. The Morgan fingerprint density at radius 1 is 1.47 bits per heavy atom. The van der Waals surface area contributed by atoms with Crippen molar-refractivity contribution in [2.24, 2.45) is 0 Å². The van der Waals surface area contributed by atoms with Crippen LogP contribution in [0.3, 0.4) is 0 Å². The van der Waals surface area contributed by atoms with Crippen LogP contribution in [0, 0.1) is 6.92 Å². The van der Waals surface area contributed by atoms with E-state index in [1.165, 1.54) is 18.1 Å². The zero-order valence-electron chi connectivity index (χ0n) is 9.81. The Bertz CT molecular complexity index is 547. The maximum Gasteiger partial charge on any atom is 0.321 e. The highest BCUT2D eigenvalue weighted by Gasteiger charge is 2.16. The Hall–Kier alpha value is -1.29. The van der Waals surface area contributed by atoms with Crippen LogP contribution in [0.4, 0.5) is 0 Å². The largest absolute Gasteiger partial charge is 0.468 e. The molecule has 0 amide bonds. The number of nitrogens with zero attached hydrogens (tertiary/aromatic N) is 1. The zero-order valence-corrected chi connectivity index (χ0v) is 11.4. The molecule has 17 heavy (non-hydrogen) atoms. The lowest BCUT2D eigenvalue weighted by Crippen LogP contribution is -2.21. The van der Waals surface area contributed by atoms with E-state index in [4.69, 9.17) is 4.74 Å². The molecule has 0 aliphatic carbocycles. The van der Waals surface area contributed by atoms with Gasteiger partial charge in [0.15, 0.2) is 0 Å². The molecular formula is C13H14BrNO2. The van der Waals surface area contributed by atoms with Gasteiger partial charge in [-0.3, -0.25) is 4.79 Å². The minimum absolute atomic E-state index is 0.250. The number of methoxy groups -OCH3 is 1. The number of benzene rings is 1. The summed E-state index contributed by atoms with van der Waals surface area (Å²) in [6, 6.07) is 8.23. The molecule has 0 aliphatic rings. The Labute approximate surface area is 108 Å². The van der Waals surface area contributed by atoms with Gasteiger partial charge in [-0.25, -0.2) is 0 Å². The Morgan fingerprint density at radius 2 is 2.24 bits per heavy atom. The topological polar surface area (TPSA) is 31.2 Å². The van der Waals surface area contributed by atoms with E-state index in [1.54, 1.807) is 0 Å². The van der Waals surface area contributed by atoms with Crippen molar-refractivity contribution in [2.45, 2.75) is 18.3 Å². The summed E-state index contributed by atoms with van der Waals surface area (Å²) < 4.78 is 6.75. The second-order valence-electron chi connectivity index (χ2n) is 3.97. The predicted molar refractivity (Wildman–Crippen MR) is 71.4 cm³/mol. The molecule has 1 aromatic heterocycles. The lowest BCUT2D eigenvalue weighted by molar-refractivity contribution is -0.140. The van der Waals surface area contributed by atoms with Crippen molar-refractivity contribution in [2.75, 3.05) is 7.11 Å². The molecule has 2 rings (SSSR count). The van der Waals surface area contributed by atoms with Crippen molar-refractivity contribution in [3.63, 3.8) is 0 Å². The van der Waals surface area contributed by atoms with E-state index in [-0.39, 0.29) is 10.8 Å². The van der Waals surface area contributed by atoms with Gasteiger partial charge < -0.3 is 9.30 Å². The highest BCUT2D eigenvalue weighted by atomic mass is 79.9. The van der Waals surface area contributed by atoms with Crippen LogP contribution in [-0.4, -0.2) is 22.5 Å². The van der Waals surface area contributed by atoms with Crippen molar-refractivity contribution in [1.82, 2.24) is 4.57 Å². The number of halogens is 1. The van der Waals surface area contributed by atoms with Crippen LogP contribution in [0.25, 0.3) is 10.9 Å². The first-order chi connectivity index (χ1) is 8.13. The maximum absolute atomic E-state index is 11.4. The van der Waals surface area contributed by atoms with Crippen LogP contribution in [0.15, 0.2) is 30.5 Å². The van der Waals surface area contributed by atoms with Crippen LogP contribution in [0.2, 0.25) is 0 Å². The number of carbonyl (C=O) groups is 1. The maximum atomic E-state index is 11.4. The van der Waals surface area contributed by atoms with E-state index in [0.717, 1.165) is 5.52 Å². The summed E-state index contributed by atoms with van der Waals surface area (Å²) in [5.41, 5.74) is 2.38. The fraction of sp³-hybridized carbons (Fsp3) is 0.308. The first-order valence-corrected chi connectivity index (χ1v) is 6.31. The molecule has 1 heterocycles. The third-order valence-electron chi connectivity index (χ3n) is 2.85. The molecule has 1 unspecified atom stereocenters. The molecule has 0 spiro atoms. The molecule has 1 aromatic carbocycles. The van der Waals surface area contributed by atoms with Gasteiger partial charge >= 0.3 is 5.97 Å². The van der Waals surface area contributed by atoms with Crippen molar-refractivity contribution in [3.05, 3.63) is 36.0 Å². The summed E-state index contributed by atoms with van der Waals surface area (Å²) in [5.74, 6) is -0.250. The highest BCUT2D eigenvalue weighted by Crippen LogP contribution is 2.20. The van der Waals surface area contributed by atoms with Crippen molar-refractivity contribution < 1.29 is 9.53 Å². The van der Waals surface area contributed by atoms with Crippen LogP contribution >= 0.6 is 15.9 Å². The van der Waals surface area contributed by atoms with Crippen LogP contribution in [-0.2, 0) is 16.1 Å². The third-order valence-corrected chi connectivity index (χ3v) is 3.51. The number of hydrogen-bond donors (Lipinski definition) is 0. The SMILES string of the molecule is COC(=O)C(Br)Cn1ccc2c(C)cccc21. The van der Waals surface area contributed by atoms with Gasteiger partial charge in [0.25, 0.3) is 0 Å². The van der Waals surface area contributed by atoms with E-state index in [2.05, 4.69) is 45.6 Å². The fourth-order valence-corrected chi connectivity index (χ4v) is 2.41. The van der Waals surface area contributed by atoms with Crippen molar-refractivity contribution in [1.29, 1.82) is 0 Å². The minimum Gasteiger partial charge on any atom is -0.468 e. The number of aryl methyl sites for hydroxylation is 1. The van der Waals surface area contributed by atoms with Gasteiger partial charge in [-0.2, -0.15) is 0 Å². The first-order valence-electron chi connectivity index (χ1n) is 5.40. The highest BCUT2D eigenvalue weighted by molar-refractivity contribution is 9.10.